The summed E-state index contributed by atoms with van der Waals surface area (Å²) >= 11 is 0. The zero-order valence-corrected chi connectivity index (χ0v) is 17.3. The molecule has 6 nitrogen and oxygen atoms in total. The third kappa shape index (κ3) is 4.76. The van der Waals surface area contributed by atoms with Gasteiger partial charge in [-0.05, 0) is 62.1 Å². The van der Waals surface area contributed by atoms with Gasteiger partial charge in [0.15, 0.2) is 0 Å². The van der Waals surface area contributed by atoms with Crippen LogP contribution in [0.25, 0.3) is 0 Å². The zero-order valence-electron chi connectivity index (χ0n) is 17.3. The Morgan fingerprint density at radius 2 is 1.77 bits per heavy atom. The first-order valence-electron chi connectivity index (χ1n) is 10.3. The van der Waals surface area contributed by atoms with Gasteiger partial charge in [-0.3, -0.25) is 4.79 Å². The first-order chi connectivity index (χ1) is 14.6. The Kier molecular flexibility index (Phi) is 5.93. The summed E-state index contributed by atoms with van der Waals surface area (Å²) in [6.45, 7) is 5.67. The van der Waals surface area contributed by atoms with Crippen LogP contribution in [0.15, 0.2) is 60.9 Å². The molecule has 0 atom stereocenters. The maximum Gasteiger partial charge on any atom is 0.227 e. The van der Waals surface area contributed by atoms with Crippen molar-refractivity contribution in [2.24, 2.45) is 5.92 Å². The molecule has 1 aliphatic heterocycles. The van der Waals surface area contributed by atoms with Gasteiger partial charge < -0.3 is 15.0 Å². The van der Waals surface area contributed by atoms with Gasteiger partial charge in [0.2, 0.25) is 11.8 Å². The number of carbonyl (C=O) groups excluding carboxylic acids is 1. The van der Waals surface area contributed by atoms with Gasteiger partial charge in [-0.25, -0.2) is 9.97 Å². The van der Waals surface area contributed by atoms with Crippen molar-refractivity contribution in [2.75, 3.05) is 23.3 Å². The lowest BCUT2D eigenvalue weighted by molar-refractivity contribution is -0.120. The van der Waals surface area contributed by atoms with Crippen molar-refractivity contribution in [1.82, 2.24) is 9.97 Å². The van der Waals surface area contributed by atoms with Crippen LogP contribution in [-0.2, 0) is 4.79 Å². The lowest BCUT2D eigenvalue weighted by Gasteiger charge is -2.32. The van der Waals surface area contributed by atoms with Crippen LogP contribution in [0, 0.1) is 19.8 Å². The Hall–Kier alpha value is -3.41. The summed E-state index contributed by atoms with van der Waals surface area (Å²) in [5, 5.41) is 3.07. The molecule has 0 unspecified atom stereocenters. The van der Waals surface area contributed by atoms with Crippen molar-refractivity contribution in [2.45, 2.75) is 26.7 Å². The number of aromatic nitrogens is 2. The van der Waals surface area contributed by atoms with Crippen molar-refractivity contribution in [1.29, 1.82) is 0 Å². The number of hydrogen-bond acceptors (Lipinski definition) is 5. The molecule has 2 heterocycles. The van der Waals surface area contributed by atoms with E-state index in [0.29, 0.717) is 5.88 Å². The lowest BCUT2D eigenvalue weighted by Crippen LogP contribution is -2.38. The molecule has 6 heteroatoms. The van der Waals surface area contributed by atoms with E-state index >= 15 is 0 Å². The van der Waals surface area contributed by atoms with E-state index in [1.807, 2.05) is 54.6 Å². The van der Waals surface area contributed by atoms with Crippen LogP contribution in [0.1, 0.15) is 24.0 Å². The van der Waals surface area contributed by atoms with Crippen LogP contribution < -0.4 is 15.0 Å². The number of hydrogen-bond donors (Lipinski definition) is 1. The third-order valence-electron chi connectivity index (χ3n) is 5.56. The van der Waals surface area contributed by atoms with Crippen molar-refractivity contribution >= 4 is 17.4 Å². The van der Waals surface area contributed by atoms with Crippen LogP contribution in [0.3, 0.4) is 0 Å². The van der Waals surface area contributed by atoms with Crippen LogP contribution in [0.4, 0.5) is 11.5 Å². The number of benzene rings is 2. The standard InChI is InChI=1S/C24H26N4O2/c1-17-8-9-20(14-18(17)2)27-24(29)19-10-12-28(13-11-19)22-15-23(26-16-25-22)30-21-6-4-3-5-7-21/h3-9,14-16,19H,10-13H2,1-2H3,(H,27,29). The highest BCUT2D eigenvalue weighted by Crippen LogP contribution is 2.26. The van der Waals surface area contributed by atoms with Gasteiger partial charge in [0.25, 0.3) is 0 Å². The smallest absolute Gasteiger partial charge is 0.227 e. The number of carbonyl (C=O) groups is 1. The van der Waals surface area contributed by atoms with Gasteiger partial charge in [-0.2, -0.15) is 0 Å². The van der Waals surface area contributed by atoms with Crippen molar-refractivity contribution in [3.63, 3.8) is 0 Å². The fraction of sp³-hybridized carbons (Fsp3) is 0.292. The van der Waals surface area contributed by atoms with Gasteiger partial charge in [-0.1, -0.05) is 24.3 Å². The molecule has 3 aromatic rings. The topological polar surface area (TPSA) is 67.4 Å². The van der Waals surface area contributed by atoms with E-state index in [2.05, 4.69) is 34.0 Å². The predicted molar refractivity (Wildman–Crippen MR) is 118 cm³/mol. The molecule has 0 aliphatic carbocycles. The average Bonchev–Trinajstić information content (AvgIpc) is 2.77. The molecule has 154 valence electrons. The minimum atomic E-state index is 0.00438. The van der Waals surface area contributed by atoms with Gasteiger partial charge in [0.05, 0.1) is 0 Å². The molecule has 1 N–H and O–H groups in total. The van der Waals surface area contributed by atoms with E-state index in [9.17, 15) is 4.79 Å². The van der Waals surface area contributed by atoms with Crippen molar-refractivity contribution in [3.8, 4) is 11.6 Å². The molecule has 1 amide bonds. The number of ether oxygens (including phenoxy) is 1. The molecule has 1 aromatic heterocycles. The second kappa shape index (κ2) is 8.95. The Labute approximate surface area is 176 Å². The molecule has 4 rings (SSSR count). The fourth-order valence-corrected chi connectivity index (χ4v) is 3.60. The highest BCUT2D eigenvalue weighted by atomic mass is 16.5. The Bertz CT molecular complexity index is 1010. The minimum Gasteiger partial charge on any atom is -0.439 e. The second-order valence-electron chi connectivity index (χ2n) is 7.68. The molecular formula is C24H26N4O2. The van der Waals surface area contributed by atoms with Crippen molar-refractivity contribution < 1.29 is 9.53 Å². The highest BCUT2D eigenvalue weighted by Gasteiger charge is 2.26. The number of aryl methyl sites for hydroxylation is 2. The average molecular weight is 402 g/mol. The minimum absolute atomic E-state index is 0.00438. The summed E-state index contributed by atoms with van der Waals surface area (Å²) in [6.07, 6.45) is 3.09. The lowest BCUT2D eigenvalue weighted by atomic mass is 9.95. The fourth-order valence-electron chi connectivity index (χ4n) is 3.60. The first-order valence-corrected chi connectivity index (χ1v) is 10.3. The maximum atomic E-state index is 12.7. The largest absolute Gasteiger partial charge is 0.439 e. The number of amides is 1. The number of piperidine rings is 1. The van der Waals surface area contributed by atoms with E-state index in [4.69, 9.17) is 4.74 Å². The van der Waals surface area contributed by atoms with Gasteiger partial charge in [0.1, 0.15) is 17.9 Å². The third-order valence-corrected chi connectivity index (χ3v) is 5.56. The van der Waals surface area contributed by atoms with Gasteiger partial charge in [-0.15, -0.1) is 0 Å². The Balaban J connectivity index is 1.34. The van der Waals surface area contributed by atoms with Gasteiger partial charge >= 0.3 is 0 Å². The number of rotatable bonds is 5. The van der Waals surface area contributed by atoms with E-state index in [-0.39, 0.29) is 11.8 Å². The molecule has 0 saturated carbocycles. The zero-order chi connectivity index (χ0) is 20.9. The molecule has 1 aliphatic rings. The molecule has 0 bridgehead atoms. The predicted octanol–water partition coefficient (Wildman–Crippen LogP) is 4.74. The maximum absolute atomic E-state index is 12.7. The van der Waals surface area contributed by atoms with Crippen molar-refractivity contribution in [3.05, 3.63) is 72.1 Å². The SMILES string of the molecule is Cc1ccc(NC(=O)C2CCN(c3cc(Oc4ccccc4)ncn3)CC2)cc1C. The molecule has 1 fully saturated rings. The summed E-state index contributed by atoms with van der Waals surface area (Å²) in [7, 11) is 0. The molecular weight excluding hydrogens is 376 g/mol. The summed E-state index contributed by atoms with van der Waals surface area (Å²) in [5.74, 6) is 2.17. The summed E-state index contributed by atoms with van der Waals surface area (Å²) in [4.78, 5) is 23.5. The van der Waals surface area contributed by atoms with Crippen LogP contribution >= 0.6 is 0 Å². The summed E-state index contributed by atoms with van der Waals surface area (Å²) < 4.78 is 5.81. The Morgan fingerprint density at radius 3 is 2.50 bits per heavy atom. The summed E-state index contributed by atoms with van der Waals surface area (Å²) in [5.41, 5.74) is 3.27. The molecule has 0 radical (unpaired) electrons. The number of para-hydroxylation sites is 1. The molecule has 0 spiro atoms. The Morgan fingerprint density at radius 1 is 1.00 bits per heavy atom. The summed E-state index contributed by atoms with van der Waals surface area (Å²) in [6, 6.07) is 17.4. The normalized spacial score (nSPS) is 14.4. The van der Waals surface area contributed by atoms with E-state index < -0.39 is 0 Å². The monoisotopic (exact) mass is 402 g/mol. The number of nitrogens with one attached hydrogen (secondary N) is 1. The molecule has 2 aromatic carbocycles. The van der Waals surface area contributed by atoms with Crippen LogP contribution in [-0.4, -0.2) is 29.0 Å². The number of nitrogens with zero attached hydrogens (tertiary/aromatic N) is 3. The first kappa shape index (κ1) is 19.9. The second-order valence-corrected chi connectivity index (χ2v) is 7.68. The van der Waals surface area contributed by atoms with E-state index in [0.717, 1.165) is 43.2 Å². The molecule has 1 saturated heterocycles. The van der Waals surface area contributed by atoms with Crippen LogP contribution in [0.2, 0.25) is 0 Å². The van der Waals surface area contributed by atoms with E-state index in [1.165, 1.54) is 17.5 Å². The van der Waals surface area contributed by atoms with Crippen LogP contribution in [0.5, 0.6) is 11.6 Å². The van der Waals surface area contributed by atoms with E-state index in [1.54, 1.807) is 0 Å². The quantitative estimate of drug-likeness (QED) is 0.668. The number of anilines is 2. The highest BCUT2D eigenvalue weighted by molar-refractivity contribution is 5.92. The molecule has 30 heavy (non-hydrogen) atoms. The van der Waals surface area contributed by atoms with Gasteiger partial charge in [0, 0.05) is 30.8 Å².